The van der Waals surface area contributed by atoms with Crippen molar-refractivity contribution in [2.75, 3.05) is 26.7 Å². The lowest BCUT2D eigenvalue weighted by Crippen LogP contribution is -2.55. The summed E-state index contributed by atoms with van der Waals surface area (Å²) in [6.07, 6.45) is 4.36. The molecule has 3 nitrogen and oxygen atoms in total. The Kier molecular flexibility index (Phi) is 3.65. The predicted molar refractivity (Wildman–Crippen MR) is 61.7 cm³/mol. The quantitative estimate of drug-likeness (QED) is 0.761. The second kappa shape index (κ2) is 4.81. The van der Waals surface area contributed by atoms with Crippen LogP contribution in [0.2, 0.25) is 0 Å². The van der Waals surface area contributed by atoms with Crippen LogP contribution in [-0.2, 0) is 4.74 Å². The van der Waals surface area contributed by atoms with Crippen molar-refractivity contribution < 1.29 is 4.74 Å². The van der Waals surface area contributed by atoms with Gasteiger partial charge in [-0.3, -0.25) is 4.90 Å². The first-order valence-electron chi connectivity index (χ1n) is 6.23. The molecule has 1 saturated carbocycles. The highest BCUT2D eigenvalue weighted by Gasteiger charge is 2.38. The van der Waals surface area contributed by atoms with Crippen molar-refractivity contribution in [2.45, 2.75) is 38.3 Å². The minimum atomic E-state index is 0.428. The van der Waals surface area contributed by atoms with Crippen molar-refractivity contribution in [1.82, 2.24) is 4.90 Å². The molecule has 0 amide bonds. The first kappa shape index (κ1) is 11.4. The third-order valence-corrected chi connectivity index (χ3v) is 4.37. The van der Waals surface area contributed by atoms with E-state index in [0.717, 1.165) is 25.0 Å². The van der Waals surface area contributed by atoms with Gasteiger partial charge in [0, 0.05) is 19.7 Å². The first-order chi connectivity index (χ1) is 7.26. The van der Waals surface area contributed by atoms with Crippen LogP contribution in [0, 0.1) is 11.8 Å². The number of nitrogens with zero attached hydrogens (tertiary/aromatic N) is 1. The Balaban J connectivity index is 1.88. The van der Waals surface area contributed by atoms with Crippen LogP contribution >= 0.6 is 0 Å². The summed E-state index contributed by atoms with van der Waals surface area (Å²) in [5.74, 6) is 1.46. The molecule has 1 saturated heterocycles. The fourth-order valence-corrected chi connectivity index (χ4v) is 2.97. The zero-order valence-corrected chi connectivity index (χ0v) is 9.98. The largest absolute Gasteiger partial charge is 0.380 e. The molecule has 0 aromatic heterocycles. The average Bonchev–Trinajstić information content (AvgIpc) is 2.20. The van der Waals surface area contributed by atoms with Gasteiger partial charge in [-0.05, 0) is 44.2 Å². The molecule has 4 unspecified atom stereocenters. The zero-order chi connectivity index (χ0) is 10.8. The van der Waals surface area contributed by atoms with Crippen molar-refractivity contribution in [3.63, 3.8) is 0 Å². The number of methoxy groups -OCH3 is 1. The maximum absolute atomic E-state index is 5.77. The van der Waals surface area contributed by atoms with Crippen LogP contribution in [0.15, 0.2) is 0 Å². The molecule has 2 N–H and O–H groups in total. The number of hydrogen-bond donors (Lipinski definition) is 1. The molecule has 2 fully saturated rings. The van der Waals surface area contributed by atoms with E-state index in [4.69, 9.17) is 10.5 Å². The van der Waals surface area contributed by atoms with Crippen molar-refractivity contribution in [3.05, 3.63) is 0 Å². The molecule has 2 aliphatic rings. The average molecular weight is 212 g/mol. The fourth-order valence-electron chi connectivity index (χ4n) is 2.97. The molecule has 1 heterocycles. The molecule has 0 aromatic rings. The van der Waals surface area contributed by atoms with Crippen molar-refractivity contribution >= 4 is 0 Å². The van der Waals surface area contributed by atoms with Crippen molar-refractivity contribution in [1.29, 1.82) is 0 Å². The molecule has 4 atom stereocenters. The van der Waals surface area contributed by atoms with E-state index in [1.54, 1.807) is 0 Å². The molecule has 0 spiro atoms. The minimum absolute atomic E-state index is 0.428. The lowest BCUT2D eigenvalue weighted by Gasteiger charge is -2.48. The molecule has 0 bridgehead atoms. The predicted octanol–water partition coefficient (Wildman–Crippen LogP) is 1.08. The highest BCUT2D eigenvalue weighted by atomic mass is 16.5. The summed E-state index contributed by atoms with van der Waals surface area (Å²) in [6, 6.07) is 0.750. The summed E-state index contributed by atoms with van der Waals surface area (Å²) < 4.78 is 5.55. The molecule has 2 rings (SSSR count). The van der Waals surface area contributed by atoms with Gasteiger partial charge < -0.3 is 10.5 Å². The molecular formula is C12H24N2O. The zero-order valence-electron chi connectivity index (χ0n) is 9.98. The van der Waals surface area contributed by atoms with Crippen molar-refractivity contribution in [2.24, 2.45) is 17.6 Å². The Morgan fingerprint density at radius 1 is 1.33 bits per heavy atom. The van der Waals surface area contributed by atoms with Crippen LogP contribution in [0.1, 0.15) is 26.2 Å². The molecule has 0 radical (unpaired) electrons. The van der Waals surface area contributed by atoms with Gasteiger partial charge >= 0.3 is 0 Å². The summed E-state index contributed by atoms with van der Waals surface area (Å²) >= 11 is 0. The van der Waals surface area contributed by atoms with Gasteiger partial charge in [0.25, 0.3) is 0 Å². The van der Waals surface area contributed by atoms with Gasteiger partial charge in [-0.25, -0.2) is 0 Å². The Labute approximate surface area is 93.0 Å². The van der Waals surface area contributed by atoms with E-state index in [1.165, 1.54) is 25.8 Å². The molecule has 1 aliphatic heterocycles. The van der Waals surface area contributed by atoms with E-state index in [1.807, 2.05) is 7.11 Å². The van der Waals surface area contributed by atoms with E-state index >= 15 is 0 Å². The molecular weight excluding hydrogens is 188 g/mol. The maximum Gasteiger partial charge on any atom is 0.0724 e. The van der Waals surface area contributed by atoms with Gasteiger partial charge in [-0.1, -0.05) is 6.92 Å². The van der Waals surface area contributed by atoms with Gasteiger partial charge in [-0.15, -0.1) is 0 Å². The lowest BCUT2D eigenvalue weighted by atomic mass is 9.77. The van der Waals surface area contributed by atoms with Crippen LogP contribution < -0.4 is 5.73 Å². The summed E-state index contributed by atoms with van der Waals surface area (Å²) in [5.41, 5.74) is 5.77. The first-order valence-corrected chi connectivity index (χ1v) is 6.23. The topological polar surface area (TPSA) is 38.5 Å². The van der Waals surface area contributed by atoms with Crippen LogP contribution in [0.25, 0.3) is 0 Å². The van der Waals surface area contributed by atoms with Crippen LogP contribution in [-0.4, -0.2) is 43.8 Å². The molecule has 88 valence electrons. The normalized spacial score (nSPS) is 42.6. The van der Waals surface area contributed by atoms with Gasteiger partial charge in [-0.2, -0.15) is 0 Å². The van der Waals surface area contributed by atoms with E-state index in [2.05, 4.69) is 11.8 Å². The smallest absolute Gasteiger partial charge is 0.0724 e. The molecule has 1 aliphatic carbocycles. The standard InChI is InChI=1S/C12H24N2O/c1-9-5-6-14(8-12(9)15-2)11-4-3-10(11)7-13/h9-12H,3-8,13H2,1-2H3. The van der Waals surface area contributed by atoms with Gasteiger partial charge in [0.1, 0.15) is 0 Å². The van der Waals surface area contributed by atoms with Crippen molar-refractivity contribution in [3.8, 4) is 0 Å². The van der Waals surface area contributed by atoms with Gasteiger partial charge in [0.15, 0.2) is 0 Å². The Morgan fingerprint density at radius 2 is 2.13 bits per heavy atom. The van der Waals surface area contributed by atoms with E-state index < -0.39 is 0 Å². The highest BCUT2D eigenvalue weighted by Crippen LogP contribution is 2.34. The Morgan fingerprint density at radius 3 is 2.67 bits per heavy atom. The Bertz CT molecular complexity index is 208. The van der Waals surface area contributed by atoms with Crippen LogP contribution in [0.5, 0.6) is 0 Å². The molecule has 3 heteroatoms. The third-order valence-electron chi connectivity index (χ3n) is 4.37. The summed E-state index contributed by atoms with van der Waals surface area (Å²) in [5, 5.41) is 0. The maximum atomic E-state index is 5.77. The SMILES string of the molecule is COC1CN(C2CCC2CN)CCC1C. The number of rotatable bonds is 3. The molecule has 15 heavy (non-hydrogen) atoms. The lowest BCUT2D eigenvalue weighted by molar-refractivity contribution is -0.0460. The van der Waals surface area contributed by atoms with E-state index in [0.29, 0.717) is 12.0 Å². The van der Waals surface area contributed by atoms with Gasteiger partial charge in [0.05, 0.1) is 6.10 Å². The fraction of sp³-hybridized carbons (Fsp3) is 1.00. The van der Waals surface area contributed by atoms with E-state index in [9.17, 15) is 0 Å². The van der Waals surface area contributed by atoms with Crippen LogP contribution in [0.4, 0.5) is 0 Å². The van der Waals surface area contributed by atoms with Crippen LogP contribution in [0.3, 0.4) is 0 Å². The monoisotopic (exact) mass is 212 g/mol. The number of piperidine rings is 1. The number of nitrogens with two attached hydrogens (primary N) is 1. The molecule has 0 aromatic carbocycles. The summed E-state index contributed by atoms with van der Waals surface area (Å²) in [6.45, 7) is 5.50. The number of likely N-dealkylation sites (tertiary alicyclic amines) is 1. The summed E-state index contributed by atoms with van der Waals surface area (Å²) in [4.78, 5) is 2.61. The number of ether oxygens (including phenoxy) is 1. The van der Waals surface area contributed by atoms with Gasteiger partial charge in [0.2, 0.25) is 0 Å². The Hall–Kier alpha value is -0.120. The third kappa shape index (κ3) is 2.19. The number of hydrogen-bond acceptors (Lipinski definition) is 3. The minimum Gasteiger partial charge on any atom is -0.380 e. The highest BCUT2D eigenvalue weighted by molar-refractivity contribution is 4.92. The summed E-state index contributed by atoms with van der Waals surface area (Å²) in [7, 11) is 1.84. The second-order valence-corrected chi connectivity index (χ2v) is 5.18. The van der Waals surface area contributed by atoms with E-state index in [-0.39, 0.29) is 0 Å². The second-order valence-electron chi connectivity index (χ2n) is 5.18.